The van der Waals surface area contributed by atoms with Crippen molar-refractivity contribution in [2.75, 3.05) is 7.05 Å². The molecule has 0 aliphatic heterocycles. The number of hydrogen-bond acceptors (Lipinski definition) is 2. The smallest absolute Gasteiger partial charge is 0.0716 e. The summed E-state index contributed by atoms with van der Waals surface area (Å²) in [4.78, 5) is 8.37. The Morgan fingerprint density at radius 2 is 1.94 bits per heavy atom. The van der Waals surface area contributed by atoms with Gasteiger partial charge in [-0.25, -0.2) is 0 Å². The van der Waals surface area contributed by atoms with E-state index in [1.165, 1.54) is 0 Å². The fraction of sp³-hybridized carbons (Fsp3) is 0.125. The average molecular weight is 238 g/mol. The predicted octanol–water partition coefficient (Wildman–Crippen LogP) is 4.13. The van der Waals surface area contributed by atoms with Gasteiger partial charge < -0.3 is 0 Å². The molecule has 92 valence electrons. The van der Waals surface area contributed by atoms with Gasteiger partial charge in [-0.05, 0) is 25.3 Å². The van der Waals surface area contributed by atoms with Crippen LogP contribution in [0.4, 0.5) is 5.69 Å². The van der Waals surface area contributed by atoms with Gasteiger partial charge in [-0.1, -0.05) is 49.1 Å². The fourth-order valence-corrected chi connectivity index (χ4v) is 1.68. The van der Waals surface area contributed by atoms with Gasteiger partial charge in [0.15, 0.2) is 0 Å². The number of hydrogen-bond donors (Lipinski definition) is 0. The molecule has 0 radical (unpaired) electrons. The number of rotatable bonds is 5. The number of nitrogens with zero attached hydrogens (tertiary/aromatic N) is 2. The van der Waals surface area contributed by atoms with Crippen LogP contribution in [0.2, 0.25) is 0 Å². The van der Waals surface area contributed by atoms with Gasteiger partial charge >= 0.3 is 0 Å². The summed E-state index contributed by atoms with van der Waals surface area (Å²) in [5, 5.41) is 0. The van der Waals surface area contributed by atoms with E-state index in [2.05, 4.69) is 23.3 Å². The average Bonchev–Trinajstić information content (AvgIpc) is 2.40. The molecule has 0 N–H and O–H groups in total. The molecule has 2 heteroatoms. The Kier molecular flexibility index (Phi) is 5.52. The molecule has 0 aliphatic rings. The van der Waals surface area contributed by atoms with Gasteiger partial charge in [-0.2, -0.15) is 0 Å². The molecule has 0 heterocycles. The van der Waals surface area contributed by atoms with E-state index >= 15 is 0 Å². The Morgan fingerprint density at radius 3 is 2.56 bits per heavy atom. The highest BCUT2D eigenvalue weighted by Crippen LogP contribution is 2.21. The van der Waals surface area contributed by atoms with E-state index < -0.39 is 0 Å². The molecular formula is C16H18N2. The summed E-state index contributed by atoms with van der Waals surface area (Å²) in [6, 6.07) is 7.85. The van der Waals surface area contributed by atoms with Gasteiger partial charge in [0.1, 0.15) is 0 Å². The van der Waals surface area contributed by atoms with Crippen LogP contribution in [0.1, 0.15) is 12.5 Å². The van der Waals surface area contributed by atoms with Gasteiger partial charge in [-0.15, -0.1) is 0 Å². The van der Waals surface area contributed by atoms with E-state index in [4.69, 9.17) is 0 Å². The lowest BCUT2D eigenvalue weighted by Crippen LogP contribution is -2.02. The third kappa shape index (κ3) is 3.39. The Labute approximate surface area is 109 Å². The second-order valence-corrected chi connectivity index (χ2v) is 3.72. The zero-order valence-electron chi connectivity index (χ0n) is 10.9. The number of aliphatic imine (C=N–C) groups is 2. The maximum atomic E-state index is 4.35. The first-order valence-corrected chi connectivity index (χ1v) is 5.73. The highest BCUT2D eigenvalue weighted by molar-refractivity contribution is 6.15. The van der Waals surface area contributed by atoms with Crippen LogP contribution in [0, 0.1) is 0 Å². The minimum Gasteiger partial charge on any atom is -0.288 e. The van der Waals surface area contributed by atoms with Gasteiger partial charge in [0.2, 0.25) is 0 Å². The summed E-state index contributed by atoms with van der Waals surface area (Å²) in [6.07, 6.45) is 7.57. The van der Waals surface area contributed by atoms with Crippen LogP contribution in [0.15, 0.2) is 70.7 Å². The number of para-hydroxylation sites is 1. The molecule has 18 heavy (non-hydrogen) atoms. The summed E-state index contributed by atoms with van der Waals surface area (Å²) in [5.74, 6) is 0. The zero-order valence-corrected chi connectivity index (χ0v) is 10.9. The van der Waals surface area contributed by atoms with E-state index in [1.807, 2.05) is 49.4 Å². The lowest BCUT2D eigenvalue weighted by atomic mass is 10.0. The highest BCUT2D eigenvalue weighted by Gasteiger charge is 2.08. The second kappa shape index (κ2) is 7.17. The van der Waals surface area contributed by atoms with Crippen LogP contribution in [0.3, 0.4) is 0 Å². The van der Waals surface area contributed by atoms with Crippen molar-refractivity contribution in [1.29, 1.82) is 0 Å². The molecule has 0 spiro atoms. The molecule has 0 amide bonds. The van der Waals surface area contributed by atoms with E-state index in [-0.39, 0.29) is 0 Å². The van der Waals surface area contributed by atoms with Crippen LogP contribution in [-0.4, -0.2) is 19.5 Å². The summed E-state index contributed by atoms with van der Waals surface area (Å²) >= 11 is 0. The quantitative estimate of drug-likeness (QED) is 0.544. The summed E-state index contributed by atoms with van der Waals surface area (Å²) in [5.41, 5.74) is 3.84. The maximum absolute atomic E-state index is 4.35. The Morgan fingerprint density at radius 1 is 1.22 bits per heavy atom. The van der Waals surface area contributed by atoms with Crippen molar-refractivity contribution >= 4 is 18.1 Å². The highest BCUT2D eigenvalue weighted by atomic mass is 14.7. The molecule has 0 atom stereocenters. The molecule has 0 aromatic heterocycles. The van der Waals surface area contributed by atoms with Crippen LogP contribution in [-0.2, 0) is 0 Å². The van der Waals surface area contributed by atoms with E-state index in [0.29, 0.717) is 0 Å². The summed E-state index contributed by atoms with van der Waals surface area (Å²) in [7, 11) is 1.78. The molecule has 0 unspecified atom stereocenters. The van der Waals surface area contributed by atoms with Crippen LogP contribution < -0.4 is 0 Å². The Balaban J connectivity index is 3.18. The maximum Gasteiger partial charge on any atom is 0.0716 e. The zero-order chi connectivity index (χ0) is 13.4. The number of allylic oxidation sites excluding steroid dienone is 5. The van der Waals surface area contributed by atoms with Gasteiger partial charge in [0.05, 0.1) is 11.4 Å². The first kappa shape index (κ1) is 13.8. The first-order chi connectivity index (χ1) is 8.74. The molecule has 2 nitrogen and oxygen atoms in total. The second-order valence-electron chi connectivity index (χ2n) is 3.72. The molecule has 0 fully saturated rings. The Bertz CT molecular complexity index is 520. The molecule has 1 aromatic carbocycles. The molecule has 0 aliphatic carbocycles. The SMILES string of the molecule is C=C/C=C\C=C(/C)C(=NC)c1ccccc1N=C. The van der Waals surface area contributed by atoms with Gasteiger partial charge in [-0.3, -0.25) is 9.98 Å². The minimum atomic E-state index is 0.846. The van der Waals surface area contributed by atoms with Crippen molar-refractivity contribution in [3.8, 4) is 0 Å². The molecule has 0 bridgehead atoms. The lowest BCUT2D eigenvalue weighted by Gasteiger charge is -2.08. The monoisotopic (exact) mass is 238 g/mol. The van der Waals surface area contributed by atoms with Crippen molar-refractivity contribution in [3.63, 3.8) is 0 Å². The third-order valence-corrected chi connectivity index (χ3v) is 2.52. The predicted molar refractivity (Wildman–Crippen MR) is 81.2 cm³/mol. The van der Waals surface area contributed by atoms with Crippen LogP contribution in [0.5, 0.6) is 0 Å². The van der Waals surface area contributed by atoms with Crippen LogP contribution in [0.25, 0.3) is 0 Å². The van der Waals surface area contributed by atoms with Gasteiger partial charge in [0, 0.05) is 12.6 Å². The van der Waals surface area contributed by atoms with Crippen molar-refractivity contribution in [2.45, 2.75) is 6.92 Å². The first-order valence-electron chi connectivity index (χ1n) is 5.73. The third-order valence-electron chi connectivity index (χ3n) is 2.52. The van der Waals surface area contributed by atoms with Crippen molar-refractivity contribution < 1.29 is 0 Å². The molecule has 1 rings (SSSR count). The number of benzene rings is 1. The fourth-order valence-electron chi connectivity index (χ4n) is 1.68. The molecule has 0 saturated heterocycles. The molecule has 1 aromatic rings. The minimum absolute atomic E-state index is 0.846. The topological polar surface area (TPSA) is 24.7 Å². The largest absolute Gasteiger partial charge is 0.288 e. The van der Waals surface area contributed by atoms with Crippen molar-refractivity contribution in [2.24, 2.45) is 9.98 Å². The van der Waals surface area contributed by atoms with E-state index in [0.717, 1.165) is 22.5 Å². The van der Waals surface area contributed by atoms with Gasteiger partial charge in [0.25, 0.3) is 0 Å². The Hall–Kier alpha value is -2.22. The summed E-state index contributed by atoms with van der Waals surface area (Å²) < 4.78 is 0. The van der Waals surface area contributed by atoms with Crippen LogP contribution >= 0.6 is 0 Å². The molecular weight excluding hydrogens is 220 g/mol. The standard InChI is InChI=1S/C16H18N2/c1-5-6-7-10-13(2)16(18-4)14-11-8-9-12-15(14)17-3/h5-12H,1,3H2,2,4H3/b7-6-,13-10+,18-16?. The van der Waals surface area contributed by atoms with E-state index in [9.17, 15) is 0 Å². The molecule has 0 saturated carbocycles. The normalized spacial score (nSPS) is 12.8. The lowest BCUT2D eigenvalue weighted by molar-refractivity contribution is 1.38. The van der Waals surface area contributed by atoms with Crippen molar-refractivity contribution in [1.82, 2.24) is 0 Å². The van der Waals surface area contributed by atoms with E-state index in [1.54, 1.807) is 13.1 Å². The van der Waals surface area contributed by atoms with Crippen molar-refractivity contribution in [3.05, 3.63) is 66.3 Å². The summed E-state index contributed by atoms with van der Waals surface area (Å²) in [6.45, 7) is 9.25.